The molecule has 12 heteroatoms. The third-order valence-corrected chi connectivity index (χ3v) is 4.52. The maximum absolute atomic E-state index is 13.5. The second kappa shape index (κ2) is 7.09. The number of aliphatic hydroxyl groups excluding tert-OH is 1. The number of rotatable bonds is 4. The molecule has 0 saturated carbocycles. The molecule has 0 aliphatic carbocycles. The van der Waals surface area contributed by atoms with Crippen molar-refractivity contribution < 1.29 is 36.2 Å². The molecule has 0 saturated heterocycles. The van der Waals surface area contributed by atoms with Gasteiger partial charge in [-0.25, -0.2) is 4.98 Å². The Morgan fingerprint density at radius 3 is 2.29 bits per heavy atom. The van der Waals surface area contributed by atoms with Crippen molar-refractivity contribution in [2.24, 2.45) is 0 Å². The molecule has 0 bridgehead atoms. The lowest BCUT2D eigenvalue weighted by atomic mass is 10.0. The standard InChI is InChI=1S/C16H10F6N2O3S/c17-15(18,19)7-27-9-3-1-8(2-4-9)11-12(16(20,21)22)23-14-24(13(11)26)5-10(6-25)28-14/h1-5,25H,6-7H2. The number of ether oxygens (including phenoxy) is 1. The fraction of sp³-hybridized carbons (Fsp3) is 0.250. The maximum Gasteiger partial charge on any atom is 0.434 e. The summed E-state index contributed by atoms with van der Waals surface area (Å²) >= 11 is 0.732. The van der Waals surface area contributed by atoms with Crippen molar-refractivity contribution in [3.63, 3.8) is 0 Å². The SMILES string of the molecule is O=c1c(-c2ccc(OCC(F)(F)F)cc2)c(C(F)(F)F)nc2sc(CO)cn12. The van der Waals surface area contributed by atoms with E-state index in [0.717, 1.165) is 40.0 Å². The van der Waals surface area contributed by atoms with Crippen molar-refractivity contribution >= 4 is 16.3 Å². The van der Waals surface area contributed by atoms with E-state index in [1.807, 2.05) is 0 Å². The van der Waals surface area contributed by atoms with Crippen LogP contribution in [0.4, 0.5) is 26.3 Å². The van der Waals surface area contributed by atoms with Crippen LogP contribution < -0.4 is 10.3 Å². The first kappa shape index (κ1) is 20.1. The normalized spacial score (nSPS) is 12.5. The summed E-state index contributed by atoms with van der Waals surface area (Å²) in [5.74, 6) is -0.220. The Balaban J connectivity index is 2.11. The number of fused-ring (bicyclic) bond motifs is 1. The van der Waals surface area contributed by atoms with Crippen LogP contribution in [0.1, 0.15) is 10.6 Å². The van der Waals surface area contributed by atoms with Gasteiger partial charge in [0.15, 0.2) is 17.3 Å². The zero-order valence-electron chi connectivity index (χ0n) is 13.6. The van der Waals surface area contributed by atoms with Gasteiger partial charge in [-0.3, -0.25) is 9.20 Å². The second-order valence-electron chi connectivity index (χ2n) is 5.57. The van der Waals surface area contributed by atoms with Crippen LogP contribution in [0.25, 0.3) is 16.1 Å². The predicted octanol–water partition coefficient (Wildman–Crippen LogP) is 3.88. The van der Waals surface area contributed by atoms with Gasteiger partial charge in [-0.05, 0) is 17.7 Å². The molecule has 0 atom stereocenters. The van der Waals surface area contributed by atoms with E-state index in [2.05, 4.69) is 9.72 Å². The number of halogens is 6. The number of aromatic nitrogens is 2. The number of benzene rings is 1. The summed E-state index contributed by atoms with van der Waals surface area (Å²) in [7, 11) is 0. The molecular weight excluding hydrogens is 414 g/mol. The van der Waals surface area contributed by atoms with E-state index in [0.29, 0.717) is 0 Å². The molecule has 28 heavy (non-hydrogen) atoms. The Morgan fingerprint density at radius 1 is 1.11 bits per heavy atom. The lowest BCUT2D eigenvalue weighted by Crippen LogP contribution is -2.23. The monoisotopic (exact) mass is 424 g/mol. The molecule has 150 valence electrons. The van der Waals surface area contributed by atoms with Gasteiger partial charge < -0.3 is 9.84 Å². The van der Waals surface area contributed by atoms with Crippen molar-refractivity contribution in [2.75, 3.05) is 6.61 Å². The van der Waals surface area contributed by atoms with E-state index in [4.69, 9.17) is 5.11 Å². The van der Waals surface area contributed by atoms with Crippen LogP contribution in [0.5, 0.6) is 5.75 Å². The highest BCUT2D eigenvalue weighted by molar-refractivity contribution is 7.17. The topological polar surface area (TPSA) is 63.8 Å². The van der Waals surface area contributed by atoms with Crippen LogP contribution in [-0.4, -0.2) is 27.3 Å². The summed E-state index contributed by atoms with van der Waals surface area (Å²) < 4.78 is 82.3. The largest absolute Gasteiger partial charge is 0.484 e. The first-order valence-electron chi connectivity index (χ1n) is 7.53. The summed E-state index contributed by atoms with van der Waals surface area (Å²) in [6.07, 6.45) is -8.34. The molecule has 0 aliphatic heterocycles. The van der Waals surface area contributed by atoms with Gasteiger partial charge in [0.1, 0.15) is 5.75 Å². The highest BCUT2D eigenvalue weighted by atomic mass is 32.1. The molecule has 0 unspecified atom stereocenters. The van der Waals surface area contributed by atoms with Crippen molar-refractivity contribution in [3.05, 3.63) is 51.4 Å². The molecule has 0 radical (unpaired) electrons. The molecule has 0 amide bonds. The summed E-state index contributed by atoms with van der Waals surface area (Å²) in [5.41, 5.74) is -3.38. The molecular formula is C16H10F6N2O3S. The lowest BCUT2D eigenvalue weighted by molar-refractivity contribution is -0.153. The number of aliphatic hydroxyl groups is 1. The van der Waals surface area contributed by atoms with Gasteiger partial charge in [0.2, 0.25) is 0 Å². The Hall–Kier alpha value is -2.60. The average molecular weight is 424 g/mol. The van der Waals surface area contributed by atoms with Crippen molar-refractivity contribution in [1.29, 1.82) is 0 Å². The molecule has 0 fully saturated rings. The van der Waals surface area contributed by atoms with Crippen molar-refractivity contribution in [1.82, 2.24) is 9.38 Å². The Bertz CT molecular complexity index is 1050. The third kappa shape index (κ3) is 4.12. The zero-order chi connectivity index (χ0) is 20.7. The van der Waals surface area contributed by atoms with Gasteiger partial charge in [-0.15, -0.1) is 0 Å². The van der Waals surface area contributed by atoms with Gasteiger partial charge >= 0.3 is 12.4 Å². The van der Waals surface area contributed by atoms with E-state index < -0.39 is 42.4 Å². The molecule has 1 aromatic carbocycles. The molecule has 0 spiro atoms. The zero-order valence-corrected chi connectivity index (χ0v) is 14.5. The molecule has 5 nitrogen and oxygen atoms in total. The summed E-state index contributed by atoms with van der Waals surface area (Å²) in [6, 6.07) is 4.15. The van der Waals surface area contributed by atoms with Crippen LogP contribution in [0.3, 0.4) is 0 Å². The van der Waals surface area contributed by atoms with Crippen LogP contribution in [0.15, 0.2) is 35.3 Å². The number of nitrogens with zero attached hydrogens (tertiary/aromatic N) is 2. The Kier molecular flexibility index (Phi) is 5.10. The maximum atomic E-state index is 13.5. The summed E-state index contributed by atoms with van der Waals surface area (Å²) in [5, 5.41) is 9.13. The minimum absolute atomic E-state index is 0.185. The van der Waals surface area contributed by atoms with E-state index in [9.17, 15) is 31.1 Å². The van der Waals surface area contributed by atoms with Crippen molar-refractivity contribution in [2.45, 2.75) is 19.0 Å². The number of hydrogen-bond donors (Lipinski definition) is 1. The predicted molar refractivity (Wildman–Crippen MR) is 87.2 cm³/mol. The van der Waals surface area contributed by atoms with Crippen LogP contribution in [0, 0.1) is 0 Å². The second-order valence-corrected chi connectivity index (χ2v) is 6.67. The Labute approximate surface area is 156 Å². The van der Waals surface area contributed by atoms with Gasteiger partial charge in [0.25, 0.3) is 5.56 Å². The minimum atomic E-state index is -4.95. The quantitative estimate of drug-likeness (QED) is 0.646. The fourth-order valence-corrected chi connectivity index (χ4v) is 3.24. The minimum Gasteiger partial charge on any atom is -0.484 e. The number of thiazole rings is 1. The molecule has 2 heterocycles. The van der Waals surface area contributed by atoms with Gasteiger partial charge in [0.05, 0.1) is 17.0 Å². The van der Waals surface area contributed by atoms with E-state index in [-0.39, 0.29) is 21.2 Å². The highest BCUT2D eigenvalue weighted by Gasteiger charge is 2.38. The molecule has 1 N–H and O–H groups in total. The van der Waals surface area contributed by atoms with Gasteiger partial charge in [-0.2, -0.15) is 26.3 Å². The highest BCUT2D eigenvalue weighted by Crippen LogP contribution is 2.35. The van der Waals surface area contributed by atoms with E-state index in [1.165, 1.54) is 6.20 Å². The van der Waals surface area contributed by atoms with Crippen molar-refractivity contribution in [3.8, 4) is 16.9 Å². The van der Waals surface area contributed by atoms with Crippen LogP contribution in [-0.2, 0) is 12.8 Å². The summed E-state index contributed by atoms with van der Waals surface area (Å²) in [4.78, 5) is 16.1. The number of alkyl halides is 6. The molecule has 0 aliphatic rings. The smallest absolute Gasteiger partial charge is 0.434 e. The Morgan fingerprint density at radius 2 is 1.75 bits per heavy atom. The van der Waals surface area contributed by atoms with E-state index >= 15 is 0 Å². The average Bonchev–Trinajstić information content (AvgIpc) is 3.03. The van der Waals surface area contributed by atoms with Gasteiger partial charge in [0, 0.05) is 6.20 Å². The summed E-state index contributed by atoms with van der Waals surface area (Å²) in [6.45, 7) is -2.04. The van der Waals surface area contributed by atoms with Crippen LogP contribution >= 0.6 is 11.3 Å². The molecule has 3 rings (SSSR count). The number of hydrogen-bond acceptors (Lipinski definition) is 5. The molecule has 3 aromatic rings. The lowest BCUT2D eigenvalue weighted by Gasteiger charge is -2.13. The first-order chi connectivity index (χ1) is 13.0. The van der Waals surface area contributed by atoms with E-state index in [1.54, 1.807) is 0 Å². The van der Waals surface area contributed by atoms with Crippen LogP contribution in [0.2, 0.25) is 0 Å². The first-order valence-corrected chi connectivity index (χ1v) is 8.34. The van der Waals surface area contributed by atoms with Gasteiger partial charge in [-0.1, -0.05) is 23.5 Å². The third-order valence-electron chi connectivity index (χ3n) is 3.55. The fourth-order valence-electron chi connectivity index (χ4n) is 2.41. The molecule has 2 aromatic heterocycles.